The van der Waals surface area contributed by atoms with Gasteiger partial charge in [0, 0.05) is 19.1 Å². The lowest BCUT2D eigenvalue weighted by atomic mass is 10.2. The van der Waals surface area contributed by atoms with E-state index in [4.69, 9.17) is 0 Å². The molecule has 0 aliphatic rings. The number of rotatable bonds is 6. The van der Waals surface area contributed by atoms with Crippen LogP contribution in [0.1, 0.15) is 26.3 Å². The van der Waals surface area contributed by atoms with Gasteiger partial charge in [0.25, 0.3) is 0 Å². The first-order valence-corrected chi connectivity index (χ1v) is 7.36. The summed E-state index contributed by atoms with van der Waals surface area (Å²) in [6, 6.07) is 4.41. The second kappa shape index (κ2) is 6.26. The molecule has 0 radical (unpaired) electrons. The van der Waals surface area contributed by atoms with E-state index in [9.17, 15) is 12.8 Å². The summed E-state index contributed by atoms with van der Waals surface area (Å²) >= 11 is 0. The van der Waals surface area contributed by atoms with Crippen molar-refractivity contribution >= 4 is 10.0 Å². The first-order valence-electron chi connectivity index (χ1n) is 5.88. The van der Waals surface area contributed by atoms with Crippen LogP contribution in [0.25, 0.3) is 0 Å². The van der Waals surface area contributed by atoms with Gasteiger partial charge in [-0.3, -0.25) is 0 Å². The predicted octanol–water partition coefficient (Wildman–Crippen LogP) is 1.62. The van der Waals surface area contributed by atoms with Gasteiger partial charge in [-0.1, -0.05) is 26.8 Å². The lowest BCUT2D eigenvalue weighted by molar-refractivity contribution is 0.554. The van der Waals surface area contributed by atoms with Crippen LogP contribution in [0, 0.1) is 5.82 Å². The molecular formula is C12H19FN2O2S. The Labute approximate surface area is 108 Å². The second-order valence-electron chi connectivity index (χ2n) is 4.30. The normalized spacial score (nSPS) is 12.1. The second-order valence-corrected chi connectivity index (χ2v) is 6.04. The van der Waals surface area contributed by atoms with E-state index in [1.54, 1.807) is 13.0 Å². The molecule has 0 heterocycles. The van der Waals surface area contributed by atoms with E-state index in [1.165, 1.54) is 12.1 Å². The zero-order valence-electron chi connectivity index (χ0n) is 10.8. The minimum Gasteiger partial charge on any atom is -0.310 e. The quantitative estimate of drug-likeness (QED) is 0.829. The van der Waals surface area contributed by atoms with Crippen LogP contribution < -0.4 is 10.0 Å². The summed E-state index contributed by atoms with van der Waals surface area (Å²) in [6.07, 6.45) is 0. The first-order chi connectivity index (χ1) is 8.36. The van der Waals surface area contributed by atoms with Crippen LogP contribution in [0.15, 0.2) is 23.1 Å². The Hall–Kier alpha value is -0.980. The minimum atomic E-state index is -3.75. The Bertz CT molecular complexity index is 501. The number of nitrogens with one attached hydrogen (secondary N) is 2. The van der Waals surface area contributed by atoms with Gasteiger partial charge in [0.2, 0.25) is 10.0 Å². The molecule has 0 amide bonds. The highest BCUT2D eigenvalue weighted by atomic mass is 32.2. The Morgan fingerprint density at radius 1 is 1.33 bits per heavy atom. The standard InChI is InChI=1S/C12H19FN2O2S/c1-4-15-18(16,17)12-7-10(5-6-11(12)13)8-14-9(2)3/h5-7,9,14-15H,4,8H2,1-3H3. The van der Waals surface area contributed by atoms with Gasteiger partial charge in [-0.2, -0.15) is 0 Å². The Kier molecular flexibility index (Phi) is 5.25. The molecule has 0 unspecified atom stereocenters. The van der Waals surface area contributed by atoms with Crippen molar-refractivity contribution in [1.82, 2.24) is 10.0 Å². The minimum absolute atomic E-state index is 0.232. The van der Waals surface area contributed by atoms with Gasteiger partial charge in [0.1, 0.15) is 10.7 Å². The van der Waals surface area contributed by atoms with Crippen LogP contribution in [0.4, 0.5) is 4.39 Å². The SMILES string of the molecule is CCNS(=O)(=O)c1cc(CNC(C)C)ccc1F. The molecule has 102 valence electrons. The summed E-state index contributed by atoms with van der Waals surface area (Å²) < 4.78 is 39.4. The van der Waals surface area contributed by atoms with Gasteiger partial charge in [-0.05, 0) is 17.7 Å². The van der Waals surface area contributed by atoms with Crippen LogP contribution in [0.3, 0.4) is 0 Å². The van der Waals surface area contributed by atoms with Gasteiger partial charge in [-0.15, -0.1) is 0 Å². The van der Waals surface area contributed by atoms with Crippen molar-refractivity contribution in [1.29, 1.82) is 0 Å². The smallest absolute Gasteiger partial charge is 0.243 e. The Morgan fingerprint density at radius 3 is 2.56 bits per heavy atom. The maximum Gasteiger partial charge on any atom is 0.243 e. The number of hydrogen-bond acceptors (Lipinski definition) is 3. The van der Waals surface area contributed by atoms with Crippen LogP contribution >= 0.6 is 0 Å². The molecule has 0 aromatic heterocycles. The lowest BCUT2D eigenvalue weighted by Crippen LogP contribution is -2.25. The molecule has 0 aliphatic carbocycles. The fourth-order valence-corrected chi connectivity index (χ4v) is 2.62. The van der Waals surface area contributed by atoms with Gasteiger partial charge in [-0.25, -0.2) is 17.5 Å². The number of benzene rings is 1. The molecule has 1 aromatic carbocycles. The molecule has 2 N–H and O–H groups in total. The van der Waals surface area contributed by atoms with Crippen molar-refractivity contribution in [2.45, 2.75) is 38.3 Å². The number of hydrogen-bond donors (Lipinski definition) is 2. The van der Waals surface area contributed by atoms with Gasteiger partial charge in [0.05, 0.1) is 0 Å². The van der Waals surface area contributed by atoms with Crippen molar-refractivity contribution in [2.75, 3.05) is 6.54 Å². The average molecular weight is 274 g/mol. The highest BCUT2D eigenvalue weighted by molar-refractivity contribution is 7.89. The third-order valence-corrected chi connectivity index (χ3v) is 3.89. The summed E-state index contributed by atoms with van der Waals surface area (Å²) in [5.74, 6) is -0.732. The highest BCUT2D eigenvalue weighted by Gasteiger charge is 2.18. The first kappa shape index (κ1) is 15.1. The average Bonchev–Trinajstić information content (AvgIpc) is 2.27. The Morgan fingerprint density at radius 2 is 2.00 bits per heavy atom. The van der Waals surface area contributed by atoms with E-state index in [0.717, 1.165) is 5.56 Å². The van der Waals surface area contributed by atoms with E-state index < -0.39 is 15.8 Å². The Balaban J connectivity index is 3.01. The molecule has 0 saturated heterocycles. The molecule has 0 aliphatic heterocycles. The van der Waals surface area contributed by atoms with Crippen molar-refractivity contribution < 1.29 is 12.8 Å². The summed E-state index contributed by atoms with van der Waals surface area (Å²) in [4.78, 5) is -0.299. The summed E-state index contributed by atoms with van der Waals surface area (Å²) in [5, 5.41) is 3.15. The van der Waals surface area contributed by atoms with Crippen LogP contribution in [0.2, 0.25) is 0 Å². The zero-order valence-corrected chi connectivity index (χ0v) is 11.6. The molecule has 0 bridgehead atoms. The molecule has 0 saturated carbocycles. The molecule has 1 rings (SSSR count). The third kappa shape index (κ3) is 4.04. The van der Waals surface area contributed by atoms with Crippen LogP contribution in [-0.2, 0) is 16.6 Å². The van der Waals surface area contributed by atoms with Gasteiger partial charge in [0.15, 0.2) is 0 Å². The summed E-state index contributed by atoms with van der Waals surface area (Å²) in [7, 11) is -3.75. The van der Waals surface area contributed by atoms with Crippen molar-refractivity contribution in [3.63, 3.8) is 0 Å². The molecule has 0 spiro atoms. The number of halogens is 1. The maximum absolute atomic E-state index is 13.5. The monoisotopic (exact) mass is 274 g/mol. The fraction of sp³-hybridized carbons (Fsp3) is 0.500. The molecule has 1 aromatic rings. The fourth-order valence-electron chi connectivity index (χ4n) is 1.45. The third-order valence-electron chi connectivity index (χ3n) is 2.33. The van der Waals surface area contributed by atoms with E-state index in [0.29, 0.717) is 6.54 Å². The molecule has 6 heteroatoms. The van der Waals surface area contributed by atoms with E-state index in [2.05, 4.69) is 10.0 Å². The molecule has 18 heavy (non-hydrogen) atoms. The van der Waals surface area contributed by atoms with Gasteiger partial charge >= 0.3 is 0 Å². The van der Waals surface area contributed by atoms with E-state index in [-0.39, 0.29) is 17.5 Å². The topological polar surface area (TPSA) is 58.2 Å². The number of sulfonamides is 1. The van der Waals surface area contributed by atoms with Gasteiger partial charge < -0.3 is 5.32 Å². The highest BCUT2D eigenvalue weighted by Crippen LogP contribution is 2.16. The molecule has 0 fully saturated rings. The largest absolute Gasteiger partial charge is 0.310 e. The van der Waals surface area contributed by atoms with Crippen molar-refractivity contribution in [2.24, 2.45) is 0 Å². The van der Waals surface area contributed by atoms with Crippen LogP contribution in [0.5, 0.6) is 0 Å². The molecular weight excluding hydrogens is 255 g/mol. The summed E-state index contributed by atoms with van der Waals surface area (Å²) in [6.45, 7) is 6.36. The maximum atomic E-state index is 13.5. The van der Waals surface area contributed by atoms with E-state index >= 15 is 0 Å². The van der Waals surface area contributed by atoms with Crippen LogP contribution in [-0.4, -0.2) is 21.0 Å². The molecule has 0 atom stereocenters. The predicted molar refractivity (Wildman–Crippen MR) is 69.2 cm³/mol. The zero-order chi connectivity index (χ0) is 13.8. The van der Waals surface area contributed by atoms with Crippen molar-refractivity contribution in [3.8, 4) is 0 Å². The lowest BCUT2D eigenvalue weighted by Gasteiger charge is -2.10. The molecule has 4 nitrogen and oxygen atoms in total. The van der Waals surface area contributed by atoms with E-state index in [1.807, 2.05) is 13.8 Å². The van der Waals surface area contributed by atoms with Crippen molar-refractivity contribution in [3.05, 3.63) is 29.6 Å². The summed E-state index contributed by atoms with van der Waals surface area (Å²) in [5.41, 5.74) is 0.738.